The summed E-state index contributed by atoms with van der Waals surface area (Å²) in [4.78, 5) is 13.6. The normalized spacial score (nSPS) is 17.5. The lowest BCUT2D eigenvalue weighted by molar-refractivity contribution is -0.119. The molecular formula is C24H32N2O3. The summed E-state index contributed by atoms with van der Waals surface area (Å²) in [6.45, 7) is 6.39. The molecule has 1 atom stereocenters. The molecular weight excluding hydrogens is 364 g/mol. The second-order valence-electron chi connectivity index (χ2n) is 7.72. The van der Waals surface area contributed by atoms with Gasteiger partial charge in [0.05, 0.1) is 6.61 Å². The lowest BCUT2D eigenvalue weighted by atomic mass is 9.99. The number of hydrogen-bond acceptors (Lipinski definition) is 4. The Kier molecular flexibility index (Phi) is 7.53. The Labute approximate surface area is 173 Å². The van der Waals surface area contributed by atoms with E-state index in [9.17, 15) is 4.79 Å². The average Bonchev–Trinajstić information content (AvgIpc) is 2.94. The van der Waals surface area contributed by atoms with Gasteiger partial charge in [-0.05, 0) is 56.5 Å². The van der Waals surface area contributed by atoms with Gasteiger partial charge in [0, 0.05) is 12.6 Å². The molecule has 3 rings (SSSR count). The monoisotopic (exact) mass is 396 g/mol. The number of hydrogen-bond donors (Lipinski definition) is 1. The number of rotatable bonds is 8. The van der Waals surface area contributed by atoms with Crippen molar-refractivity contribution in [1.29, 1.82) is 0 Å². The summed E-state index contributed by atoms with van der Waals surface area (Å²) in [6, 6.07) is 15.3. The van der Waals surface area contributed by atoms with Crippen molar-refractivity contribution >= 4 is 5.91 Å². The molecule has 29 heavy (non-hydrogen) atoms. The van der Waals surface area contributed by atoms with Crippen LogP contribution in [0.1, 0.15) is 55.3 Å². The number of aryl methyl sites for hydroxylation is 1. The lowest BCUT2D eigenvalue weighted by Gasteiger charge is -2.30. The molecule has 0 unspecified atom stereocenters. The molecule has 2 N–H and O–H groups in total. The van der Waals surface area contributed by atoms with Crippen LogP contribution in [-0.4, -0.2) is 30.6 Å². The highest BCUT2D eigenvalue weighted by Gasteiger charge is 2.23. The van der Waals surface area contributed by atoms with Gasteiger partial charge in [0.2, 0.25) is 0 Å². The van der Waals surface area contributed by atoms with Crippen LogP contribution in [0.3, 0.4) is 0 Å². The Hall–Kier alpha value is -2.53. The van der Waals surface area contributed by atoms with Crippen LogP contribution in [0.2, 0.25) is 0 Å². The summed E-state index contributed by atoms with van der Waals surface area (Å²) >= 11 is 0. The van der Waals surface area contributed by atoms with E-state index in [4.69, 9.17) is 15.2 Å². The fraction of sp³-hybridized carbons (Fsp3) is 0.458. The fourth-order valence-corrected chi connectivity index (χ4v) is 3.94. The van der Waals surface area contributed by atoms with E-state index >= 15 is 0 Å². The summed E-state index contributed by atoms with van der Waals surface area (Å²) in [5.41, 5.74) is 9.07. The molecule has 1 aliphatic heterocycles. The Morgan fingerprint density at radius 3 is 2.59 bits per heavy atom. The van der Waals surface area contributed by atoms with Crippen molar-refractivity contribution in [3.8, 4) is 11.5 Å². The van der Waals surface area contributed by atoms with Crippen molar-refractivity contribution < 1.29 is 14.3 Å². The van der Waals surface area contributed by atoms with Gasteiger partial charge in [-0.3, -0.25) is 9.69 Å². The third kappa shape index (κ3) is 5.97. The van der Waals surface area contributed by atoms with E-state index in [0.29, 0.717) is 24.1 Å². The first-order valence-corrected chi connectivity index (χ1v) is 10.5. The zero-order chi connectivity index (χ0) is 20.6. The van der Waals surface area contributed by atoms with E-state index in [1.54, 1.807) is 0 Å². The van der Waals surface area contributed by atoms with Crippen LogP contribution in [0.5, 0.6) is 11.5 Å². The largest absolute Gasteiger partial charge is 0.490 e. The molecule has 2 aromatic carbocycles. The van der Waals surface area contributed by atoms with E-state index < -0.39 is 5.91 Å². The topological polar surface area (TPSA) is 64.8 Å². The predicted molar refractivity (Wildman–Crippen MR) is 115 cm³/mol. The minimum absolute atomic E-state index is 0.152. The first-order valence-electron chi connectivity index (χ1n) is 10.5. The number of nitrogens with zero attached hydrogens (tertiary/aromatic N) is 1. The third-order valence-electron chi connectivity index (χ3n) is 5.39. The molecule has 0 bridgehead atoms. The molecule has 0 aliphatic carbocycles. The van der Waals surface area contributed by atoms with Crippen LogP contribution in [0, 0.1) is 6.92 Å². The number of benzene rings is 2. The van der Waals surface area contributed by atoms with Gasteiger partial charge in [-0.25, -0.2) is 0 Å². The maximum absolute atomic E-state index is 11.0. The van der Waals surface area contributed by atoms with E-state index in [0.717, 1.165) is 13.1 Å². The SMILES string of the molecule is CCOc1cc(CN2CCCCC[C@H]2c2ccc(C)cc2)ccc1OCC(N)=O. The van der Waals surface area contributed by atoms with Crippen LogP contribution in [0.25, 0.3) is 0 Å². The first-order chi connectivity index (χ1) is 14.1. The molecule has 1 amide bonds. The van der Waals surface area contributed by atoms with Crippen LogP contribution in [0.4, 0.5) is 0 Å². The fourth-order valence-electron chi connectivity index (χ4n) is 3.94. The van der Waals surface area contributed by atoms with E-state index in [1.807, 2.05) is 19.1 Å². The number of amides is 1. The molecule has 1 fully saturated rings. The van der Waals surface area contributed by atoms with Gasteiger partial charge in [-0.15, -0.1) is 0 Å². The number of ether oxygens (including phenoxy) is 2. The number of primary amides is 1. The van der Waals surface area contributed by atoms with E-state index in [2.05, 4.69) is 42.2 Å². The molecule has 5 nitrogen and oxygen atoms in total. The summed E-state index contributed by atoms with van der Waals surface area (Å²) < 4.78 is 11.3. The molecule has 0 radical (unpaired) electrons. The maximum Gasteiger partial charge on any atom is 0.255 e. The standard InChI is InChI=1S/C24H32N2O3/c1-3-28-23-15-19(10-13-22(23)29-17-24(25)27)16-26-14-6-4-5-7-21(26)20-11-8-18(2)9-12-20/h8-13,15,21H,3-7,14,16-17H2,1-2H3,(H2,25,27)/t21-/m0/s1. The van der Waals surface area contributed by atoms with Gasteiger partial charge in [0.25, 0.3) is 5.91 Å². The van der Waals surface area contributed by atoms with Crippen molar-refractivity contribution in [1.82, 2.24) is 4.90 Å². The molecule has 0 spiro atoms. The summed E-state index contributed by atoms with van der Waals surface area (Å²) in [5.74, 6) is 0.718. The van der Waals surface area contributed by atoms with Gasteiger partial charge in [-0.1, -0.05) is 48.7 Å². The zero-order valence-corrected chi connectivity index (χ0v) is 17.5. The summed E-state index contributed by atoms with van der Waals surface area (Å²) in [7, 11) is 0. The molecule has 0 saturated carbocycles. The smallest absolute Gasteiger partial charge is 0.255 e. The van der Waals surface area contributed by atoms with Gasteiger partial charge >= 0.3 is 0 Å². The molecule has 1 aliphatic rings. The molecule has 0 aromatic heterocycles. The van der Waals surface area contributed by atoms with Crippen molar-refractivity contribution in [3.63, 3.8) is 0 Å². The van der Waals surface area contributed by atoms with Crippen molar-refractivity contribution in [2.45, 2.75) is 52.1 Å². The maximum atomic E-state index is 11.0. The van der Waals surface area contributed by atoms with Crippen LogP contribution in [-0.2, 0) is 11.3 Å². The summed E-state index contributed by atoms with van der Waals surface area (Å²) in [5, 5.41) is 0. The van der Waals surface area contributed by atoms with Gasteiger partial charge < -0.3 is 15.2 Å². The first kappa shape index (κ1) is 21.2. The van der Waals surface area contributed by atoms with Crippen molar-refractivity contribution in [2.75, 3.05) is 19.8 Å². The molecule has 2 aromatic rings. The number of carbonyl (C=O) groups is 1. The summed E-state index contributed by atoms with van der Waals surface area (Å²) in [6.07, 6.45) is 4.95. The molecule has 5 heteroatoms. The molecule has 1 saturated heterocycles. The predicted octanol–water partition coefficient (Wildman–Crippen LogP) is 4.38. The van der Waals surface area contributed by atoms with Crippen LogP contribution < -0.4 is 15.2 Å². The van der Waals surface area contributed by atoms with Crippen LogP contribution in [0.15, 0.2) is 42.5 Å². The van der Waals surface area contributed by atoms with Gasteiger partial charge in [0.15, 0.2) is 18.1 Å². The second kappa shape index (κ2) is 10.3. The quantitative estimate of drug-likeness (QED) is 0.719. The second-order valence-corrected chi connectivity index (χ2v) is 7.72. The number of likely N-dealkylation sites (tertiary alicyclic amines) is 1. The third-order valence-corrected chi connectivity index (χ3v) is 5.39. The highest BCUT2D eigenvalue weighted by molar-refractivity contribution is 5.75. The Morgan fingerprint density at radius 2 is 1.86 bits per heavy atom. The molecule has 156 valence electrons. The molecule has 1 heterocycles. The Morgan fingerprint density at radius 1 is 1.07 bits per heavy atom. The number of carbonyl (C=O) groups excluding carboxylic acids is 1. The minimum Gasteiger partial charge on any atom is -0.490 e. The Balaban J connectivity index is 1.80. The lowest BCUT2D eigenvalue weighted by Crippen LogP contribution is -2.28. The van der Waals surface area contributed by atoms with Crippen molar-refractivity contribution in [2.24, 2.45) is 5.73 Å². The van der Waals surface area contributed by atoms with E-state index in [-0.39, 0.29) is 6.61 Å². The van der Waals surface area contributed by atoms with E-state index in [1.165, 1.54) is 42.4 Å². The van der Waals surface area contributed by atoms with Gasteiger partial charge in [0.1, 0.15) is 0 Å². The Bertz CT molecular complexity index is 804. The minimum atomic E-state index is -0.498. The van der Waals surface area contributed by atoms with Gasteiger partial charge in [-0.2, -0.15) is 0 Å². The van der Waals surface area contributed by atoms with Crippen molar-refractivity contribution in [3.05, 3.63) is 59.2 Å². The highest BCUT2D eigenvalue weighted by atomic mass is 16.5. The zero-order valence-electron chi connectivity index (χ0n) is 17.5. The highest BCUT2D eigenvalue weighted by Crippen LogP contribution is 2.34. The average molecular weight is 397 g/mol. The van der Waals surface area contributed by atoms with Crippen LogP contribution >= 0.6 is 0 Å². The number of nitrogens with two attached hydrogens (primary N) is 1.